The van der Waals surface area contributed by atoms with Crippen LogP contribution in [0, 0.1) is 16.0 Å². The molecule has 0 fully saturated rings. The van der Waals surface area contributed by atoms with Crippen LogP contribution in [0.2, 0.25) is 0 Å². The van der Waals surface area contributed by atoms with E-state index < -0.39 is 16.9 Å². The number of anilines is 1. The highest BCUT2D eigenvalue weighted by molar-refractivity contribution is 5.81. The molecule has 0 bridgehead atoms. The van der Waals surface area contributed by atoms with Crippen LogP contribution in [0.25, 0.3) is 0 Å². The van der Waals surface area contributed by atoms with Crippen LogP contribution in [0.1, 0.15) is 17.9 Å². The fourth-order valence-electron chi connectivity index (χ4n) is 2.94. The van der Waals surface area contributed by atoms with Gasteiger partial charge in [-0.15, -0.1) is 0 Å². The number of hydrogen-bond donors (Lipinski definition) is 2. The summed E-state index contributed by atoms with van der Waals surface area (Å²) < 4.78 is 0. The van der Waals surface area contributed by atoms with Crippen molar-refractivity contribution in [1.82, 2.24) is 0 Å². The third-order valence-corrected chi connectivity index (χ3v) is 3.82. The average molecular weight is 260 g/mol. The SMILES string of the molecule is O=C(O)[C@@H]1Nc2ccc([N+](=O)[O-])cc2[C@H]2C=CC[C@H]21. The minimum absolute atomic E-state index is 0.0355. The summed E-state index contributed by atoms with van der Waals surface area (Å²) in [7, 11) is 0. The van der Waals surface area contributed by atoms with Crippen molar-refractivity contribution in [3.05, 3.63) is 46.0 Å². The van der Waals surface area contributed by atoms with E-state index in [2.05, 4.69) is 5.32 Å². The number of benzene rings is 1. The molecule has 6 nitrogen and oxygen atoms in total. The quantitative estimate of drug-likeness (QED) is 0.482. The Kier molecular flexibility index (Phi) is 2.51. The normalized spacial score (nSPS) is 27.3. The summed E-state index contributed by atoms with van der Waals surface area (Å²) in [6.45, 7) is 0. The van der Waals surface area contributed by atoms with E-state index in [0.29, 0.717) is 12.1 Å². The number of carbonyl (C=O) groups is 1. The second kappa shape index (κ2) is 4.08. The molecular formula is C13H12N2O4. The molecule has 2 aliphatic rings. The zero-order valence-electron chi connectivity index (χ0n) is 9.95. The largest absolute Gasteiger partial charge is 0.480 e. The highest BCUT2D eigenvalue weighted by atomic mass is 16.6. The maximum absolute atomic E-state index is 11.3. The zero-order chi connectivity index (χ0) is 13.6. The van der Waals surface area contributed by atoms with Crippen LogP contribution in [-0.4, -0.2) is 22.0 Å². The number of nitrogens with zero attached hydrogens (tertiary/aromatic N) is 1. The Bertz CT molecular complexity index is 596. The molecule has 0 saturated heterocycles. The fourth-order valence-corrected chi connectivity index (χ4v) is 2.94. The molecule has 0 aromatic heterocycles. The van der Waals surface area contributed by atoms with E-state index in [1.54, 1.807) is 6.07 Å². The summed E-state index contributed by atoms with van der Waals surface area (Å²) in [5.74, 6) is -1.02. The molecule has 0 amide bonds. The van der Waals surface area contributed by atoms with Crippen molar-refractivity contribution in [3.63, 3.8) is 0 Å². The van der Waals surface area contributed by atoms with Gasteiger partial charge < -0.3 is 10.4 Å². The van der Waals surface area contributed by atoms with Crippen LogP contribution in [0.4, 0.5) is 11.4 Å². The Labute approximate surface area is 108 Å². The maximum Gasteiger partial charge on any atom is 0.326 e. The van der Waals surface area contributed by atoms with Crippen molar-refractivity contribution >= 4 is 17.3 Å². The van der Waals surface area contributed by atoms with Gasteiger partial charge in [0.15, 0.2) is 0 Å². The summed E-state index contributed by atoms with van der Waals surface area (Å²) in [6, 6.07) is 3.87. The van der Waals surface area contributed by atoms with Gasteiger partial charge >= 0.3 is 5.97 Å². The first-order valence-corrected chi connectivity index (χ1v) is 6.02. The molecule has 19 heavy (non-hydrogen) atoms. The van der Waals surface area contributed by atoms with E-state index in [4.69, 9.17) is 0 Å². The molecule has 3 rings (SSSR count). The maximum atomic E-state index is 11.3. The Morgan fingerprint density at radius 2 is 2.26 bits per heavy atom. The Balaban J connectivity index is 2.08. The number of nitro benzene ring substituents is 1. The molecule has 6 heteroatoms. The summed E-state index contributed by atoms with van der Waals surface area (Å²) in [6.07, 6.45) is 4.57. The third kappa shape index (κ3) is 1.76. The zero-order valence-corrected chi connectivity index (χ0v) is 9.95. The lowest BCUT2D eigenvalue weighted by molar-refractivity contribution is -0.384. The fraction of sp³-hybridized carbons (Fsp3) is 0.308. The first-order chi connectivity index (χ1) is 9.08. The summed E-state index contributed by atoms with van der Waals surface area (Å²) in [5, 5.41) is 23.1. The first-order valence-electron chi connectivity index (χ1n) is 6.02. The van der Waals surface area contributed by atoms with E-state index >= 15 is 0 Å². The molecule has 0 saturated carbocycles. The predicted molar refractivity (Wildman–Crippen MR) is 68.1 cm³/mol. The molecular weight excluding hydrogens is 248 g/mol. The van der Waals surface area contributed by atoms with Crippen molar-refractivity contribution in [3.8, 4) is 0 Å². The summed E-state index contributed by atoms with van der Waals surface area (Å²) >= 11 is 0. The Hall–Kier alpha value is -2.37. The number of rotatable bonds is 2. The number of carboxylic acid groups (broad SMARTS) is 1. The molecule has 1 aliphatic carbocycles. The second-order valence-electron chi connectivity index (χ2n) is 4.84. The van der Waals surface area contributed by atoms with Crippen molar-refractivity contribution < 1.29 is 14.8 Å². The number of hydrogen-bond acceptors (Lipinski definition) is 4. The van der Waals surface area contributed by atoms with E-state index in [1.165, 1.54) is 12.1 Å². The average Bonchev–Trinajstić information content (AvgIpc) is 2.86. The Morgan fingerprint density at radius 1 is 1.47 bits per heavy atom. The number of nitro groups is 1. The van der Waals surface area contributed by atoms with Crippen LogP contribution in [0.3, 0.4) is 0 Å². The van der Waals surface area contributed by atoms with Crippen LogP contribution in [-0.2, 0) is 4.79 Å². The van der Waals surface area contributed by atoms with Crippen LogP contribution < -0.4 is 5.32 Å². The lowest BCUT2D eigenvalue weighted by Gasteiger charge is -2.34. The number of non-ortho nitro benzene ring substituents is 1. The minimum Gasteiger partial charge on any atom is -0.480 e. The van der Waals surface area contributed by atoms with Gasteiger partial charge in [-0.1, -0.05) is 12.2 Å². The molecule has 1 aliphatic heterocycles. The second-order valence-corrected chi connectivity index (χ2v) is 4.84. The van der Waals surface area contributed by atoms with Gasteiger partial charge in [0.05, 0.1) is 4.92 Å². The standard InChI is InChI=1S/C13H12N2O4/c16-13(17)12-9-3-1-2-8(9)10-6-7(15(18)19)4-5-11(10)14-12/h1-2,4-6,8-9,12,14H,3H2,(H,16,17)/t8-,9+,12+/m0/s1. The highest BCUT2D eigenvalue weighted by Gasteiger charge is 2.41. The van der Waals surface area contributed by atoms with Gasteiger partial charge in [0.1, 0.15) is 6.04 Å². The van der Waals surface area contributed by atoms with Gasteiger partial charge in [-0.3, -0.25) is 10.1 Å². The van der Waals surface area contributed by atoms with Gasteiger partial charge in [0.25, 0.3) is 5.69 Å². The van der Waals surface area contributed by atoms with E-state index in [-0.39, 0.29) is 17.5 Å². The van der Waals surface area contributed by atoms with Gasteiger partial charge in [-0.25, -0.2) is 4.79 Å². The highest BCUT2D eigenvalue weighted by Crippen LogP contribution is 2.45. The van der Waals surface area contributed by atoms with Gasteiger partial charge in [-0.2, -0.15) is 0 Å². The number of aliphatic carboxylic acids is 1. The Morgan fingerprint density at radius 3 is 2.95 bits per heavy atom. The van der Waals surface area contributed by atoms with E-state index in [1.807, 2.05) is 12.2 Å². The van der Waals surface area contributed by atoms with E-state index in [0.717, 1.165) is 5.56 Å². The molecule has 2 N–H and O–H groups in total. The topological polar surface area (TPSA) is 92.5 Å². The number of fused-ring (bicyclic) bond motifs is 3. The van der Waals surface area contributed by atoms with Crippen molar-refractivity contribution in [1.29, 1.82) is 0 Å². The smallest absolute Gasteiger partial charge is 0.326 e. The van der Waals surface area contributed by atoms with Crippen molar-refractivity contribution in [2.75, 3.05) is 5.32 Å². The van der Waals surface area contributed by atoms with Crippen LogP contribution in [0.15, 0.2) is 30.4 Å². The van der Waals surface area contributed by atoms with Gasteiger partial charge in [0.2, 0.25) is 0 Å². The monoisotopic (exact) mass is 260 g/mol. The summed E-state index contributed by atoms with van der Waals surface area (Å²) in [4.78, 5) is 21.7. The number of nitrogens with one attached hydrogen (secondary N) is 1. The van der Waals surface area contributed by atoms with E-state index in [9.17, 15) is 20.0 Å². The van der Waals surface area contributed by atoms with Gasteiger partial charge in [-0.05, 0) is 18.1 Å². The molecule has 3 atom stereocenters. The minimum atomic E-state index is -0.886. The summed E-state index contributed by atoms with van der Waals surface area (Å²) in [5.41, 5.74) is 1.52. The third-order valence-electron chi connectivity index (χ3n) is 3.82. The first kappa shape index (κ1) is 11.7. The molecule has 0 unspecified atom stereocenters. The molecule has 0 radical (unpaired) electrons. The molecule has 1 aromatic rings. The lowest BCUT2D eigenvalue weighted by atomic mass is 9.79. The van der Waals surface area contributed by atoms with Crippen LogP contribution in [0.5, 0.6) is 0 Å². The molecule has 98 valence electrons. The predicted octanol–water partition coefficient (Wildman–Crippen LogP) is 2.13. The van der Waals surface area contributed by atoms with Gasteiger partial charge in [0, 0.05) is 29.7 Å². The molecule has 1 heterocycles. The number of allylic oxidation sites excluding steroid dienone is 2. The molecule has 1 aromatic carbocycles. The molecule has 0 spiro atoms. The number of carboxylic acids is 1. The van der Waals surface area contributed by atoms with Crippen molar-refractivity contribution in [2.24, 2.45) is 5.92 Å². The van der Waals surface area contributed by atoms with Crippen molar-refractivity contribution in [2.45, 2.75) is 18.4 Å². The lowest BCUT2D eigenvalue weighted by Crippen LogP contribution is -2.41. The van der Waals surface area contributed by atoms with Crippen LogP contribution >= 0.6 is 0 Å².